The maximum atomic E-state index is 13.8. The molecule has 0 saturated heterocycles. The van der Waals surface area contributed by atoms with Gasteiger partial charge in [-0.2, -0.15) is 0 Å². The van der Waals surface area contributed by atoms with E-state index in [2.05, 4.69) is 5.32 Å². The second kappa shape index (κ2) is 6.24. The molecule has 3 nitrogen and oxygen atoms in total. The Morgan fingerprint density at radius 2 is 2.00 bits per heavy atom. The van der Waals surface area contributed by atoms with Crippen LogP contribution >= 0.6 is 0 Å². The number of hydrogen-bond acceptors (Lipinski definition) is 3. The number of carbonyl (C=O) groups is 1. The van der Waals surface area contributed by atoms with Gasteiger partial charge in [0.15, 0.2) is 5.76 Å². The first-order chi connectivity index (χ1) is 11.1. The Bertz CT molecular complexity index is 867. The smallest absolute Gasteiger partial charge is 0.230 e. The van der Waals surface area contributed by atoms with Crippen molar-refractivity contribution in [3.8, 4) is 0 Å². The molecule has 3 rings (SSSR count). The average molecular weight is 311 g/mol. The summed E-state index contributed by atoms with van der Waals surface area (Å²) in [7, 11) is 0. The minimum atomic E-state index is -0.393. The van der Waals surface area contributed by atoms with Crippen LogP contribution in [0.25, 0.3) is 11.0 Å². The Labute approximate surface area is 134 Å². The molecule has 1 aromatic heterocycles. The molecular weight excluding hydrogens is 293 g/mol. The summed E-state index contributed by atoms with van der Waals surface area (Å²) in [6.07, 6.45) is 0.923. The van der Waals surface area contributed by atoms with E-state index in [1.165, 1.54) is 6.07 Å². The molecule has 0 atom stereocenters. The van der Waals surface area contributed by atoms with Gasteiger partial charge in [-0.05, 0) is 37.1 Å². The third-order valence-corrected chi connectivity index (χ3v) is 3.79. The van der Waals surface area contributed by atoms with Crippen LogP contribution in [0.15, 0.2) is 46.9 Å². The van der Waals surface area contributed by atoms with Crippen molar-refractivity contribution in [2.24, 2.45) is 0 Å². The SMILES string of the molecule is CCCNc1c(C(=O)c2ccc(C)c(F)c2)oc2ccccc12. The fraction of sp³-hybridized carbons (Fsp3) is 0.211. The molecule has 1 N–H and O–H groups in total. The van der Waals surface area contributed by atoms with E-state index in [4.69, 9.17) is 4.42 Å². The Morgan fingerprint density at radius 1 is 1.22 bits per heavy atom. The molecule has 0 amide bonds. The summed E-state index contributed by atoms with van der Waals surface area (Å²) < 4.78 is 19.5. The van der Waals surface area contributed by atoms with Gasteiger partial charge in [0.05, 0.1) is 5.69 Å². The maximum absolute atomic E-state index is 13.8. The van der Waals surface area contributed by atoms with E-state index >= 15 is 0 Å². The summed E-state index contributed by atoms with van der Waals surface area (Å²) in [6, 6.07) is 12.0. The van der Waals surface area contributed by atoms with E-state index in [9.17, 15) is 9.18 Å². The summed E-state index contributed by atoms with van der Waals surface area (Å²) in [5, 5.41) is 4.11. The van der Waals surface area contributed by atoms with E-state index < -0.39 is 5.82 Å². The fourth-order valence-electron chi connectivity index (χ4n) is 2.50. The van der Waals surface area contributed by atoms with Crippen LogP contribution in [-0.2, 0) is 0 Å². The number of furan rings is 1. The largest absolute Gasteiger partial charge is 0.450 e. The quantitative estimate of drug-likeness (QED) is 0.679. The van der Waals surface area contributed by atoms with Gasteiger partial charge in [0, 0.05) is 17.5 Å². The zero-order chi connectivity index (χ0) is 16.4. The molecular formula is C19H18FNO2. The van der Waals surface area contributed by atoms with Gasteiger partial charge >= 0.3 is 0 Å². The molecule has 0 aliphatic heterocycles. The zero-order valence-corrected chi connectivity index (χ0v) is 13.2. The number of halogens is 1. The molecule has 4 heteroatoms. The van der Waals surface area contributed by atoms with Gasteiger partial charge in [-0.3, -0.25) is 4.79 Å². The molecule has 0 saturated carbocycles. The fourth-order valence-corrected chi connectivity index (χ4v) is 2.50. The standard InChI is InChI=1S/C19H18FNO2/c1-3-10-21-17-14-6-4-5-7-16(14)23-19(17)18(22)13-9-8-12(2)15(20)11-13/h4-9,11,21H,3,10H2,1-2H3. The number of para-hydroxylation sites is 1. The lowest BCUT2D eigenvalue weighted by atomic mass is 10.0. The van der Waals surface area contributed by atoms with Gasteiger partial charge in [0.25, 0.3) is 0 Å². The number of carbonyl (C=O) groups excluding carboxylic acids is 1. The van der Waals surface area contributed by atoms with Crippen molar-refractivity contribution in [2.75, 3.05) is 11.9 Å². The zero-order valence-electron chi connectivity index (χ0n) is 13.2. The van der Waals surface area contributed by atoms with Crippen molar-refractivity contribution in [1.82, 2.24) is 0 Å². The van der Waals surface area contributed by atoms with Crippen LogP contribution in [0.5, 0.6) is 0 Å². The van der Waals surface area contributed by atoms with Gasteiger partial charge in [-0.1, -0.05) is 31.2 Å². The lowest BCUT2D eigenvalue weighted by Crippen LogP contribution is -2.07. The number of aryl methyl sites for hydroxylation is 1. The van der Waals surface area contributed by atoms with Crippen molar-refractivity contribution in [1.29, 1.82) is 0 Å². The van der Waals surface area contributed by atoms with Crippen molar-refractivity contribution in [2.45, 2.75) is 20.3 Å². The first kappa shape index (κ1) is 15.3. The van der Waals surface area contributed by atoms with Crippen molar-refractivity contribution < 1.29 is 13.6 Å². The van der Waals surface area contributed by atoms with E-state index in [-0.39, 0.29) is 17.1 Å². The summed E-state index contributed by atoms with van der Waals surface area (Å²) in [5.74, 6) is -0.489. The predicted octanol–water partition coefficient (Wildman–Crippen LogP) is 4.93. The molecule has 3 aromatic rings. The Balaban J connectivity index is 2.10. The maximum Gasteiger partial charge on any atom is 0.230 e. The van der Waals surface area contributed by atoms with Crippen LogP contribution < -0.4 is 5.32 Å². The molecule has 0 spiro atoms. The van der Waals surface area contributed by atoms with Crippen LogP contribution in [0.4, 0.5) is 10.1 Å². The number of benzene rings is 2. The van der Waals surface area contributed by atoms with Crippen molar-refractivity contribution in [3.05, 3.63) is 65.2 Å². The van der Waals surface area contributed by atoms with Gasteiger partial charge in [-0.25, -0.2) is 4.39 Å². The van der Waals surface area contributed by atoms with E-state index in [0.717, 1.165) is 18.4 Å². The number of fused-ring (bicyclic) bond motifs is 1. The minimum absolute atomic E-state index is 0.225. The van der Waals surface area contributed by atoms with E-state index in [0.29, 0.717) is 16.8 Å². The van der Waals surface area contributed by atoms with Gasteiger partial charge in [-0.15, -0.1) is 0 Å². The molecule has 23 heavy (non-hydrogen) atoms. The van der Waals surface area contributed by atoms with Gasteiger partial charge < -0.3 is 9.73 Å². The summed E-state index contributed by atoms with van der Waals surface area (Å²) in [4.78, 5) is 12.8. The van der Waals surface area contributed by atoms with Crippen LogP contribution in [0.2, 0.25) is 0 Å². The van der Waals surface area contributed by atoms with Gasteiger partial charge in [0.2, 0.25) is 5.78 Å². The Hall–Kier alpha value is -2.62. The van der Waals surface area contributed by atoms with Crippen LogP contribution in [0, 0.1) is 12.7 Å². The topological polar surface area (TPSA) is 42.2 Å². The molecule has 0 unspecified atom stereocenters. The highest BCUT2D eigenvalue weighted by Gasteiger charge is 2.22. The monoisotopic (exact) mass is 311 g/mol. The third-order valence-electron chi connectivity index (χ3n) is 3.79. The molecule has 0 aliphatic carbocycles. The van der Waals surface area contributed by atoms with Crippen molar-refractivity contribution in [3.63, 3.8) is 0 Å². The molecule has 2 aromatic carbocycles. The van der Waals surface area contributed by atoms with E-state index in [1.54, 1.807) is 19.1 Å². The second-order valence-electron chi connectivity index (χ2n) is 5.52. The number of hydrogen-bond donors (Lipinski definition) is 1. The van der Waals surface area contributed by atoms with Crippen LogP contribution in [0.1, 0.15) is 35.0 Å². The Kier molecular flexibility index (Phi) is 4.15. The normalized spacial score (nSPS) is 10.9. The lowest BCUT2D eigenvalue weighted by molar-refractivity contribution is 0.101. The molecule has 1 heterocycles. The number of nitrogens with one attached hydrogen (secondary N) is 1. The number of rotatable bonds is 5. The van der Waals surface area contributed by atoms with E-state index in [1.807, 2.05) is 31.2 Å². The summed E-state index contributed by atoms with van der Waals surface area (Å²) in [6.45, 7) is 4.44. The number of ketones is 1. The lowest BCUT2D eigenvalue weighted by Gasteiger charge is -2.06. The first-order valence-corrected chi connectivity index (χ1v) is 7.68. The second-order valence-corrected chi connectivity index (χ2v) is 5.52. The molecule has 0 aliphatic rings. The Morgan fingerprint density at radius 3 is 2.74 bits per heavy atom. The molecule has 0 bridgehead atoms. The highest BCUT2D eigenvalue weighted by Crippen LogP contribution is 2.32. The van der Waals surface area contributed by atoms with Crippen LogP contribution in [0.3, 0.4) is 0 Å². The highest BCUT2D eigenvalue weighted by molar-refractivity contribution is 6.14. The third kappa shape index (κ3) is 2.84. The van der Waals surface area contributed by atoms with Crippen LogP contribution in [-0.4, -0.2) is 12.3 Å². The highest BCUT2D eigenvalue weighted by atomic mass is 19.1. The van der Waals surface area contributed by atoms with Gasteiger partial charge in [0.1, 0.15) is 11.4 Å². The average Bonchev–Trinajstić information content (AvgIpc) is 2.93. The minimum Gasteiger partial charge on any atom is -0.450 e. The molecule has 0 radical (unpaired) electrons. The summed E-state index contributed by atoms with van der Waals surface area (Å²) in [5.41, 5.74) is 2.11. The first-order valence-electron chi connectivity index (χ1n) is 7.68. The number of anilines is 1. The summed E-state index contributed by atoms with van der Waals surface area (Å²) >= 11 is 0. The van der Waals surface area contributed by atoms with Crippen molar-refractivity contribution >= 4 is 22.4 Å². The molecule has 118 valence electrons. The molecule has 0 fully saturated rings. The predicted molar refractivity (Wildman–Crippen MR) is 89.6 cm³/mol.